The largest absolute Gasteiger partial charge is 0.480 e. The Morgan fingerprint density at radius 1 is 1.56 bits per heavy atom. The van der Waals surface area contributed by atoms with Gasteiger partial charge in [0.05, 0.1) is 30.9 Å². The van der Waals surface area contributed by atoms with Crippen LogP contribution < -0.4 is 0 Å². The molecule has 0 radical (unpaired) electrons. The van der Waals surface area contributed by atoms with Crippen LogP contribution in [0.2, 0.25) is 0 Å². The van der Waals surface area contributed by atoms with Gasteiger partial charge in [-0.3, -0.25) is 9.69 Å². The molecule has 1 aliphatic heterocycles. The third-order valence-corrected chi connectivity index (χ3v) is 4.75. The minimum absolute atomic E-state index is 0.0288. The van der Waals surface area contributed by atoms with E-state index in [1.54, 1.807) is 17.0 Å². The highest BCUT2D eigenvalue weighted by Gasteiger charge is 2.33. The van der Waals surface area contributed by atoms with Gasteiger partial charge in [-0.15, -0.1) is 0 Å². The Bertz CT molecular complexity index is 508. The molecule has 1 atom stereocenters. The third-order valence-electron chi connectivity index (χ3n) is 3.00. The number of hydrogen-bond acceptors (Lipinski definition) is 5. The van der Waals surface area contributed by atoms with Crippen molar-refractivity contribution in [3.63, 3.8) is 0 Å². The molecule has 1 fully saturated rings. The van der Waals surface area contributed by atoms with Crippen molar-refractivity contribution >= 4 is 15.8 Å². The van der Waals surface area contributed by atoms with Crippen molar-refractivity contribution in [2.45, 2.75) is 19.0 Å². The molecule has 0 spiro atoms. The van der Waals surface area contributed by atoms with E-state index in [4.69, 9.17) is 9.52 Å². The van der Waals surface area contributed by atoms with Crippen LogP contribution in [0.15, 0.2) is 22.8 Å². The van der Waals surface area contributed by atoms with Crippen molar-refractivity contribution in [1.82, 2.24) is 4.90 Å². The van der Waals surface area contributed by atoms with Gasteiger partial charge in [0.25, 0.3) is 0 Å². The van der Waals surface area contributed by atoms with E-state index < -0.39 is 15.8 Å². The highest BCUT2D eigenvalue weighted by Crippen LogP contribution is 2.19. The number of carboxylic acid groups (broad SMARTS) is 1. The van der Waals surface area contributed by atoms with Crippen LogP contribution in [0.4, 0.5) is 0 Å². The summed E-state index contributed by atoms with van der Waals surface area (Å²) >= 11 is 0. The van der Waals surface area contributed by atoms with Crippen LogP contribution >= 0.6 is 0 Å². The summed E-state index contributed by atoms with van der Waals surface area (Å²) in [4.78, 5) is 12.5. The Balaban J connectivity index is 2.08. The van der Waals surface area contributed by atoms with E-state index in [9.17, 15) is 13.2 Å². The van der Waals surface area contributed by atoms with E-state index in [-0.39, 0.29) is 24.1 Å². The molecular weight excluding hydrogens is 258 g/mol. The number of aliphatic carboxylic acids is 1. The van der Waals surface area contributed by atoms with Gasteiger partial charge in [-0.2, -0.15) is 0 Å². The second-order valence-electron chi connectivity index (χ2n) is 4.43. The molecule has 1 aromatic rings. The fourth-order valence-electron chi connectivity index (χ4n) is 2.15. The Labute approximate surface area is 105 Å². The van der Waals surface area contributed by atoms with E-state index >= 15 is 0 Å². The Kier molecular flexibility index (Phi) is 3.72. The second kappa shape index (κ2) is 5.11. The van der Waals surface area contributed by atoms with Crippen LogP contribution in [0.3, 0.4) is 0 Å². The van der Waals surface area contributed by atoms with Crippen LogP contribution in [0.5, 0.6) is 0 Å². The number of nitrogens with zero attached hydrogens (tertiary/aromatic N) is 1. The zero-order valence-electron chi connectivity index (χ0n) is 9.78. The quantitative estimate of drug-likeness (QED) is 0.833. The molecule has 2 heterocycles. The molecule has 0 amide bonds. The van der Waals surface area contributed by atoms with E-state index in [0.29, 0.717) is 18.7 Å². The van der Waals surface area contributed by atoms with Gasteiger partial charge in [-0.05, 0) is 18.6 Å². The highest BCUT2D eigenvalue weighted by atomic mass is 32.2. The first-order valence-electron chi connectivity index (χ1n) is 5.65. The predicted octanol–water partition coefficient (Wildman–Crippen LogP) is 0.353. The van der Waals surface area contributed by atoms with Crippen molar-refractivity contribution in [2.75, 3.05) is 18.1 Å². The van der Waals surface area contributed by atoms with Gasteiger partial charge in [-0.1, -0.05) is 0 Å². The molecule has 7 heteroatoms. The van der Waals surface area contributed by atoms with Gasteiger partial charge >= 0.3 is 5.97 Å². The van der Waals surface area contributed by atoms with E-state index in [0.717, 1.165) is 0 Å². The molecule has 1 aromatic heterocycles. The third kappa shape index (κ3) is 3.33. The zero-order valence-corrected chi connectivity index (χ0v) is 10.6. The number of carbonyl (C=O) groups is 1. The van der Waals surface area contributed by atoms with E-state index in [1.165, 1.54) is 6.26 Å². The Morgan fingerprint density at radius 2 is 2.33 bits per heavy atom. The molecule has 1 aliphatic rings. The van der Waals surface area contributed by atoms with Crippen molar-refractivity contribution in [3.8, 4) is 0 Å². The summed E-state index contributed by atoms with van der Waals surface area (Å²) in [7, 11) is -3.02. The lowest BCUT2D eigenvalue weighted by Crippen LogP contribution is -2.39. The summed E-state index contributed by atoms with van der Waals surface area (Å²) in [6, 6.07) is 3.23. The molecular formula is C11H15NO5S. The fourth-order valence-corrected chi connectivity index (χ4v) is 3.92. The molecule has 1 unspecified atom stereocenters. The van der Waals surface area contributed by atoms with Gasteiger partial charge in [-0.25, -0.2) is 8.42 Å². The lowest BCUT2D eigenvalue weighted by atomic mass is 10.2. The predicted molar refractivity (Wildman–Crippen MR) is 63.8 cm³/mol. The van der Waals surface area contributed by atoms with Crippen LogP contribution in [0, 0.1) is 0 Å². The van der Waals surface area contributed by atoms with E-state index in [2.05, 4.69) is 0 Å². The molecule has 2 rings (SSSR count). The van der Waals surface area contributed by atoms with Crippen LogP contribution in [0.1, 0.15) is 12.2 Å². The average Bonchev–Trinajstić information content (AvgIpc) is 2.86. The van der Waals surface area contributed by atoms with Gasteiger partial charge in [0.1, 0.15) is 5.76 Å². The lowest BCUT2D eigenvalue weighted by Gasteiger charge is -2.25. The molecule has 1 saturated heterocycles. The molecule has 0 saturated carbocycles. The maximum Gasteiger partial charge on any atom is 0.317 e. The van der Waals surface area contributed by atoms with Crippen molar-refractivity contribution in [2.24, 2.45) is 0 Å². The summed E-state index contributed by atoms with van der Waals surface area (Å²) in [5, 5.41) is 8.88. The summed E-state index contributed by atoms with van der Waals surface area (Å²) < 4.78 is 28.0. The first-order chi connectivity index (χ1) is 8.46. The average molecular weight is 273 g/mol. The van der Waals surface area contributed by atoms with E-state index in [1.807, 2.05) is 0 Å². The summed E-state index contributed by atoms with van der Waals surface area (Å²) in [6.07, 6.45) is 2.00. The number of rotatable bonds is 5. The van der Waals surface area contributed by atoms with Gasteiger partial charge < -0.3 is 9.52 Å². The molecule has 0 aromatic carbocycles. The SMILES string of the molecule is O=C(O)CN(Cc1ccco1)C1CCS(=O)(=O)C1. The molecule has 1 N–H and O–H groups in total. The molecule has 100 valence electrons. The van der Waals surface area contributed by atoms with Gasteiger partial charge in [0.2, 0.25) is 0 Å². The minimum atomic E-state index is -3.02. The van der Waals surface area contributed by atoms with Crippen molar-refractivity contribution < 1.29 is 22.7 Å². The Hall–Kier alpha value is -1.34. The maximum absolute atomic E-state index is 11.4. The minimum Gasteiger partial charge on any atom is -0.480 e. The normalized spacial score (nSPS) is 22.4. The molecule has 18 heavy (non-hydrogen) atoms. The highest BCUT2D eigenvalue weighted by molar-refractivity contribution is 7.91. The van der Waals surface area contributed by atoms with Crippen molar-refractivity contribution in [1.29, 1.82) is 0 Å². The van der Waals surface area contributed by atoms with Crippen molar-refractivity contribution in [3.05, 3.63) is 24.2 Å². The number of sulfone groups is 1. The zero-order chi connectivity index (χ0) is 13.2. The number of hydrogen-bond donors (Lipinski definition) is 1. The maximum atomic E-state index is 11.4. The number of carboxylic acids is 1. The standard InChI is InChI=1S/C11H15NO5S/c13-11(14)7-12(6-10-2-1-4-17-10)9-3-5-18(15,16)8-9/h1-2,4,9H,3,5-8H2,(H,13,14). The van der Waals surface area contributed by atoms with Crippen LogP contribution in [-0.2, 0) is 21.2 Å². The smallest absolute Gasteiger partial charge is 0.317 e. The lowest BCUT2D eigenvalue weighted by molar-refractivity contribution is -0.139. The number of furan rings is 1. The summed E-state index contributed by atoms with van der Waals surface area (Å²) in [5.74, 6) is -0.168. The topological polar surface area (TPSA) is 87.8 Å². The van der Waals surface area contributed by atoms with Crippen LogP contribution in [-0.4, -0.2) is 48.5 Å². The monoisotopic (exact) mass is 273 g/mol. The molecule has 0 bridgehead atoms. The molecule has 0 aliphatic carbocycles. The Morgan fingerprint density at radius 3 is 2.83 bits per heavy atom. The molecule has 6 nitrogen and oxygen atoms in total. The van der Waals surface area contributed by atoms with Gasteiger partial charge in [0, 0.05) is 6.04 Å². The fraction of sp³-hybridized carbons (Fsp3) is 0.545. The second-order valence-corrected chi connectivity index (χ2v) is 6.66. The first-order valence-corrected chi connectivity index (χ1v) is 7.47. The summed E-state index contributed by atoms with van der Waals surface area (Å²) in [5.41, 5.74) is 0. The first kappa shape index (κ1) is 13.1. The summed E-state index contributed by atoms with van der Waals surface area (Å²) in [6.45, 7) is 0.139. The van der Waals surface area contributed by atoms with Gasteiger partial charge in [0.15, 0.2) is 9.84 Å². The van der Waals surface area contributed by atoms with Crippen LogP contribution in [0.25, 0.3) is 0 Å².